The molecular weight excluding hydrogens is 310 g/mol. The van der Waals surface area contributed by atoms with Crippen LogP contribution in [0.15, 0.2) is 0 Å². The number of hydrogen-bond acceptors (Lipinski definition) is 4. The van der Waals surface area contributed by atoms with Crippen LogP contribution in [0.3, 0.4) is 0 Å². The van der Waals surface area contributed by atoms with Gasteiger partial charge < -0.3 is 15.3 Å². The number of thiazole rings is 1. The fourth-order valence-electron chi connectivity index (χ4n) is 3.17. The third kappa shape index (κ3) is 5.18. The minimum atomic E-state index is -0.259. The highest BCUT2D eigenvalue weighted by atomic mass is 32.1. The van der Waals surface area contributed by atoms with E-state index < -0.39 is 0 Å². The number of urea groups is 1. The van der Waals surface area contributed by atoms with Crippen LogP contribution in [-0.2, 0) is 12.8 Å². The topological polar surface area (TPSA) is 65.5 Å². The van der Waals surface area contributed by atoms with Gasteiger partial charge in [-0.15, -0.1) is 11.3 Å². The SMILES string of the molecule is CCc1nc(CCNC(=O)N(C)C[C@H]2CCCC[C@H]2O)sc1C. The lowest BCUT2D eigenvalue weighted by atomic mass is 9.86. The van der Waals surface area contributed by atoms with Crippen molar-refractivity contribution in [1.82, 2.24) is 15.2 Å². The van der Waals surface area contributed by atoms with Gasteiger partial charge in [0.05, 0.1) is 16.8 Å². The molecule has 1 aromatic rings. The van der Waals surface area contributed by atoms with Gasteiger partial charge in [-0.3, -0.25) is 0 Å². The highest BCUT2D eigenvalue weighted by molar-refractivity contribution is 7.11. The molecule has 1 aromatic heterocycles. The maximum absolute atomic E-state index is 12.2. The Morgan fingerprint density at radius 2 is 2.17 bits per heavy atom. The molecule has 1 aliphatic rings. The van der Waals surface area contributed by atoms with Crippen molar-refractivity contribution < 1.29 is 9.90 Å². The second-order valence-corrected chi connectivity index (χ2v) is 7.73. The largest absolute Gasteiger partial charge is 0.393 e. The second-order valence-electron chi connectivity index (χ2n) is 6.44. The van der Waals surface area contributed by atoms with E-state index >= 15 is 0 Å². The van der Waals surface area contributed by atoms with Crippen LogP contribution in [-0.4, -0.2) is 47.3 Å². The third-order valence-corrected chi connectivity index (χ3v) is 5.68. The zero-order valence-corrected chi connectivity index (χ0v) is 15.3. The summed E-state index contributed by atoms with van der Waals surface area (Å²) in [6.45, 7) is 5.44. The number of amides is 2. The quantitative estimate of drug-likeness (QED) is 0.837. The number of nitrogens with zero attached hydrogens (tertiary/aromatic N) is 2. The summed E-state index contributed by atoms with van der Waals surface area (Å²) in [5.74, 6) is 0.216. The molecule has 1 aliphatic carbocycles. The average Bonchev–Trinajstić information content (AvgIpc) is 2.89. The van der Waals surface area contributed by atoms with Crippen LogP contribution in [0.4, 0.5) is 4.79 Å². The average molecular weight is 340 g/mol. The lowest BCUT2D eigenvalue weighted by Gasteiger charge is -2.31. The van der Waals surface area contributed by atoms with E-state index in [1.165, 1.54) is 10.6 Å². The predicted molar refractivity (Wildman–Crippen MR) is 93.9 cm³/mol. The Morgan fingerprint density at radius 1 is 1.43 bits per heavy atom. The number of carbonyl (C=O) groups is 1. The van der Waals surface area contributed by atoms with Crippen LogP contribution < -0.4 is 5.32 Å². The Morgan fingerprint density at radius 3 is 2.83 bits per heavy atom. The number of aryl methyl sites for hydroxylation is 2. The molecule has 6 heteroatoms. The van der Waals surface area contributed by atoms with Crippen molar-refractivity contribution in [3.63, 3.8) is 0 Å². The maximum atomic E-state index is 12.2. The summed E-state index contributed by atoms with van der Waals surface area (Å²) in [5.41, 5.74) is 1.17. The first-order chi connectivity index (χ1) is 11.0. The zero-order valence-electron chi connectivity index (χ0n) is 14.5. The van der Waals surface area contributed by atoms with Gasteiger partial charge in [0.15, 0.2) is 0 Å². The molecular formula is C17H29N3O2S. The molecule has 2 rings (SSSR count). The molecule has 5 nitrogen and oxygen atoms in total. The van der Waals surface area contributed by atoms with Crippen LogP contribution >= 0.6 is 11.3 Å². The Labute approximate surface area is 143 Å². The first-order valence-corrected chi connectivity index (χ1v) is 9.45. The fourth-order valence-corrected chi connectivity index (χ4v) is 4.19. The van der Waals surface area contributed by atoms with Gasteiger partial charge in [-0.05, 0) is 26.2 Å². The fraction of sp³-hybridized carbons (Fsp3) is 0.765. The van der Waals surface area contributed by atoms with Crippen molar-refractivity contribution in [3.8, 4) is 0 Å². The molecule has 2 atom stereocenters. The van der Waals surface area contributed by atoms with Crippen molar-refractivity contribution in [2.24, 2.45) is 5.92 Å². The molecule has 0 saturated heterocycles. The number of carbonyl (C=O) groups excluding carboxylic acids is 1. The van der Waals surface area contributed by atoms with Crippen molar-refractivity contribution in [2.75, 3.05) is 20.1 Å². The number of aromatic nitrogens is 1. The molecule has 1 fully saturated rings. The third-order valence-electron chi connectivity index (χ3n) is 4.61. The summed E-state index contributed by atoms with van der Waals surface area (Å²) < 4.78 is 0. The molecule has 23 heavy (non-hydrogen) atoms. The number of aliphatic hydroxyl groups is 1. The second kappa shape index (κ2) is 8.64. The normalized spacial score (nSPS) is 21.2. The number of nitrogens with one attached hydrogen (secondary N) is 1. The molecule has 0 aliphatic heterocycles. The smallest absolute Gasteiger partial charge is 0.317 e. The van der Waals surface area contributed by atoms with Crippen molar-refractivity contribution in [3.05, 3.63) is 15.6 Å². The minimum absolute atomic E-state index is 0.0632. The van der Waals surface area contributed by atoms with E-state index in [0.717, 1.165) is 43.5 Å². The summed E-state index contributed by atoms with van der Waals surface area (Å²) in [6, 6.07) is -0.0632. The highest BCUT2D eigenvalue weighted by Gasteiger charge is 2.25. The Balaban J connectivity index is 1.73. The van der Waals surface area contributed by atoms with E-state index in [-0.39, 0.29) is 18.1 Å². The standard InChI is InChI=1S/C17H29N3O2S/c1-4-14-12(2)23-16(19-14)9-10-18-17(22)20(3)11-13-7-5-6-8-15(13)21/h13,15,21H,4-11H2,1-3H3,(H,18,22)/t13-,15-/m1/s1. The zero-order chi connectivity index (χ0) is 16.8. The van der Waals surface area contributed by atoms with Gasteiger partial charge in [-0.1, -0.05) is 19.8 Å². The van der Waals surface area contributed by atoms with E-state index in [9.17, 15) is 9.90 Å². The van der Waals surface area contributed by atoms with E-state index in [2.05, 4.69) is 24.1 Å². The van der Waals surface area contributed by atoms with E-state index in [0.29, 0.717) is 13.1 Å². The van der Waals surface area contributed by atoms with E-state index in [1.807, 2.05) is 0 Å². The highest BCUT2D eigenvalue weighted by Crippen LogP contribution is 2.24. The van der Waals surface area contributed by atoms with Crippen LogP contribution in [0.1, 0.15) is 48.2 Å². The summed E-state index contributed by atoms with van der Waals surface area (Å²) >= 11 is 1.72. The number of aliphatic hydroxyl groups excluding tert-OH is 1. The minimum Gasteiger partial charge on any atom is -0.393 e. The number of rotatable bonds is 6. The van der Waals surface area contributed by atoms with Crippen LogP contribution in [0, 0.1) is 12.8 Å². The van der Waals surface area contributed by atoms with Gasteiger partial charge in [0.1, 0.15) is 0 Å². The lowest BCUT2D eigenvalue weighted by Crippen LogP contribution is -2.43. The van der Waals surface area contributed by atoms with Gasteiger partial charge in [0.2, 0.25) is 0 Å². The van der Waals surface area contributed by atoms with E-state index in [1.54, 1.807) is 23.3 Å². The molecule has 2 amide bonds. The Bertz CT molecular complexity index is 518. The lowest BCUT2D eigenvalue weighted by molar-refractivity contribution is 0.0565. The molecule has 0 unspecified atom stereocenters. The summed E-state index contributed by atoms with van der Waals surface area (Å²) in [6.07, 6.45) is 5.60. The summed E-state index contributed by atoms with van der Waals surface area (Å²) in [4.78, 5) is 19.7. The molecule has 0 bridgehead atoms. The molecule has 0 aromatic carbocycles. The van der Waals surface area contributed by atoms with Crippen LogP contribution in [0.2, 0.25) is 0 Å². The number of hydrogen-bond donors (Lipinski definition) is 2. The van der Waals surface area contributed by atoms with Gasteiger partial charge in [-0.2, -0.15) is 0 Å². The molecule has 1 saturated carbocycles. The molecule has 0 radical (unpaired) electrons. The van der Waals surface area contributed by atoms with Gasteiger partial charge >= 0.3 is 6.03 Å². The van der Waals surface area contributed by atoms with Gasteiger partial charge in [0, 0.05) is 37.4 Å². The maximum Gasteiger partial charge on any atom is 0.317 e. The monoisotopic (exact) mass is 339 g/mol. The Kier molecular flexibility index (Phi) is 6.84. The molecule has 130 valence electrons. The predicted octanol–water partition coefficient (Wildman–Crippen LogP) is 2.75. The van der Waals surface area contributed by atoms with Crippen molar-refractivity contribution in [2.45, 2.75) is 58.5 Å². The first kappa shape index (κ1) is 18.2. The summed E-state index contributed by atoms with van der Waals surface area (Å²) in [7, 11) is 1.80. The Hall–Kier alpha value is -1.14. The molecule has 0 spiro atoms. The summed E-state index contributed by atoms with van der Waals surface area (Å²) in [5, 5.41) is 14.1. The van der Waals surface area contributed by atoms with Crippen molar-refractivity contribution >= 4 is 17.4 Å². The van der Waals surface area contributed by atoms with Crippen LogP contribution in [0.5, 0.6) is 0 Å². The van der Waals surface area contributed by atoms with E-state index in [4.69, 9.17) is 0 Å². The first-order valence-electron chi connectivity index (χ1n) is 8.63. The van der Waals surface area contributed by atoms with Gasteiger partial charge in [-0.25, -0.2) is 9.78 Å². The molecule has 1 heterocycles. The van der Waals surface area contributed by atoms with Crippen LogP contribution in [0.25, 0.3) is 0 Å². The van der Waals surface area contributed by atoms with Gasteiger partial charge in [0.25, 0.3) is 0 Å². The van der Waals surface area contributed by atoms with Crippen molar-refractivity contribution in [1.29, 1.82) is 0 Å². The molecule has 2 N–H and O–H groups in total.